The Labute approximate surface area is 117 Å². The number of carbonyl (C=O) groups is 1. The minimum absolute atomic E-state index is 0.0315. The maximum Gasteiger partial charge on any atom is 0.228 e. The highest BCUT2D eigenvalue weighted by molar-refractivity contribution is 7.99. The number of ether oxygens (including phenoxy) is 2. The van der Waals surface area contributed by atoms with Crippen LogP contribution in [0.1, 0.15) is 18.4 Å². The predicted molar refractivity (Wildman–Crippen MR) is 75.3 cm³/mol. The molecule has 0 fully saturated rings. The molecule has 0 aliphatic carbocycles. The number of benzene rings is 1. The average Bonchev–Trinajstić information content (AvgIpc) is 2.84. The van der Waals surface area contributed by atoms with Gasteiger partial charge in [-0.1, -0.05) is 18.2 Å². The second-order valence-electron chi connectivity index (χ2n) is 4.54. The Hall–Kier alpha value is -1.04. The Morgan fingerprint density at radius 3 is 2.74 bits per heavy atom. The van der Waals surface area contributed by atoms with Gasteiger partial charge in [-0.2, -0.15) is 0 Å². The predicted octanol–water partition coefficient (Wildman–Crippen LogP) is 2.00. The lowest BCUT2D eigenvalue weighted by atomic mass is 10.0. The molecule has 1 heterocycles. The number of hydrogen-bond acceptors (Lipinski definition) is 4. The quantitative estimate of drug-likeness (QED) is 0.839. The van der Waals surface area contributed by atoms with Gasteiger partial charge >= 0.3 is 0 Å². The highest BCUT2D eigenvalue weighted by Crippen LogP contribution is 2.39. The van der Waals surface area contributed by atoms with Crippen LogP contribution in [-0.4, -0.2) is 38.2 Å². The molecule has 104 valence electrons. The Morgan fingerprint density at radius 1 is 1.37 bits per heavy atom. The van der Waals surface area contributed by atoms with Crippen LogP contribution >= 0.6 is 11.8 Å². The molecule has 2 atom stereocenters. The highest BCUT2D eigenvalue weighted by atomic mass is 32.2. The molecule has 0 saturated heterocycles. The van der Waals surface area contributed by atoms with Crippen molar-refractivity contribution in [1.29, 1.82) is 0 Å². The number of methoxy groups -OCH3 is 2. The Bertz CT molecular complexity index is 448. The smallest absolute Gasteiger partial charge is 0.228 e. The molecule has 5 heteroatoms. The molecule has 1 aromatic carbocycles. The van der Waals surface area contributed by atoms with E-state index < -0.39 is 6.29 Å². The molecule has 0 spiro atoms. The van der Waals surface area contributed by atoms with Crippen molar-refractivity contribution in [3.63, 3.8) is 0 Å². The largest absolute Gasteiger partial charge is 0.354 e. The SMILES string of the molecule is COC(OC)C(C)NC(=O)C1CSc2ccccc21. The van der Waals surface area contributed by atoms with Crippen molar-refractivity contribution in [3.8, 4) is 0 Å². The van der Waals surface area contributed by atoms with Gasteiger partial charge in [0.1, 0.15) is 0 Å². The zero-order valence-electron chi connectivity index (χ0n) is 11.4. The second kappa shape index (κ2) is 6.41. The maximum atomic E-state index is 12.3. The van der Waals surface area contributed by atoms with Gasteiger partial charge < -0.3 is 14.8 Å². The van der Waals surface area contributed by atoms with Crippen molar-refractivity contribution in [2.45, 2.75) is 30.1 Å². The first-order valence-electron chi connectivity index (χ1n) is 6.25. The fourth-order valence-corrected chi connectivity index (χ4v) is 3.51. The summed E-state index contributed by atoms with van der Waals surface area (Å²) in [5, 5.41) is 2.96. The molecule has 19 heavy (non-hydrogen) atoms. The lowest BCUT2D eigenvalue weighted by molar-refractivity contribution is -0.136. The number of amides is 1. The zero-order valence-corrected chi connectivity index (χ0v) is 12.2. The monoisotopic (exact) mass is 281 g/mol. The highest BCUT2D eigenvalue weighted by Gasteiger charge is 2.30. The number of fused-ring (bicyclic) bond motifs is 1. The third-order valence-electron chi connectivity index (χ3n) is 3.26. The summed E-state index contributed by atoms with van der Waals surface area (Å²) in [4.78, 5) is 13.5. The van der Waals surface area contributed by atoms with E-state index in [0.29, 0.717) is 0 Å². The molecule has 0 radical (unpaired) electrons. The van der Waals surface area contributed by atoms with Gasteiger partial charge in [-0.05, 0) is 18.6 Å². The average molecular weight is 281 g/mol. The van der Waals surface area contributed by atoms with Crippen LogP contribution in [0.15, 0.2) is 29.2 Å². The summed E-state index contributed by atoms with van der Waals surface area (Å²) >= 11 is 1.73. The number of thioether (sulfide) groups is 1. The van der Waals surface area contributed by atoms with E-state index in [1.807, 2.05) is 25.1 Å². The van der Waals surface area contributed by atoms with Crippen LogP contribution in [0.5, 0.6) is 0 Å². The molecule has 0 bridgehead atoms. The summed E-state index contributed by atoms with van der Waals surface area (Å²) in [7, 11) is 3.13. The van der Waals surface area contributed by atoms with E-state index in [2.05, 4.69) is 11.4 Å². The summed E-state index contributed by atoms with van der Waals surface area (Å²) in [6, 6.07) is 7.88. The maximum absolute atomic E-state index is 12.3. The van der Waals surface area contributed by atoms with Crippen LogP contribution in [0.3, 0.4) is 0 Å². The van der Waals surface area contributed by atoms with E-state index in [-0.39, 0.29) is 17.9 Å². The van der Waals surface area contributed by atoms with E-state index in [0.717, 1.165) is 11.3 Å². The first-order valence-corrected chi connectivity index (χ1v) is 7.23. The molecule has 2 unspecified atom stereocenters. The van der Waals surface area contributed by atoms with Crippen LogP contribution in [0.25, 0.3) is 0 Å². The van der Waals surface area contributed by atoms with E-state index in [1.54, 1.807) is 26.0 Å². The summed E-state index contributed by atoms with van der Waals surface area (Å²) in [5.74, 6) is 0.741. The normalized spacial score (nSPS) is 19.3. The van der Waals surface area contributed by atoms with E-state index in [9.17, 15) is 4.79 Å². The van der Waals surface area contributed by atoms with Crippen molar-refractivity contribution < 1.29 is 14.3 Å². The fraction of sp³-hybridized carbons (Fsp3) is 0.500. The number of nitrogens with one attached hydrogen (secondary N) is 1. The van der Waals surface area contributed by atoms with E-state index in [4.69, 9.17) is 9.47 Å². The van der Waals surface area contributed by atoms with Crippen molar-refractivity contribution >= 4 is 17.7 Å². The Balaban J connectivity index is 2.02. The van der Waals surface area contributed by atoms with Gasteiger partial charge in [0.15, 0.2) is 6.29 Å². The molecule has 4 nitrogen and oxygen atoms in total. The molecular weight excluding hydrogens is 262 g/mol. The fourth-order valence-electron chi connectivity index (χ4n) is 2.28. The molecule has 1 amide bonds. The number of carbonyl (C=O) groups excluding carboxylic acids is 1. The third kappa shape index (κ3) is 3.11. The van der Waals surface area contributed by atoms with Crippen LogP contribution in [-0.2, 0) is 14.3 Å². The van der Waals surface area contributed by atoms with Crippen LogP contribution in [0.2, 0.25) is 0 Å². The summed E-state index contributed by atoms with van der Waals surface area (Å²) < 4.78 is 10.3. The first kappa shape index (κ1) is 14.4. The standard InChI is InChI=1S/C14H19NO3S/c1-9(14(17-2)18-3)15-13(16)11-8-19-12-7-5-4-6-10(11)12/h4-7,9,11,14H,8H2,1-3H3,(H,15,16). The van der Waals surface area contributed by atoms with Gasteiger partial charge in [-0.3, -0.25) is 4.79 Å². The third-order valence-corrected chi connectivity index (χ3v) is 4.44. The minimum atomic E-state index is -0.423. The molecule has 1 aliphatic heterocycles. The first-order chi connectivity index (χ1) is 9.17. The van der Waals surface area contributed by atoms with Crippen molar-refractivity contribution in [3.05, 3.63) is 29.8 Å². The molecule has 1 N–H and O–H groups in total. The minimum Gasteiger partial charge on any atom is -0.354 e. The number of rotatable bonds is 5. The van der Waals surface area contributed by atoms with E-state index >= 15 is 0 Å². The molecule has 1 aliphatic rings. The van der Waals surface area contributed by atoms with Gasteiger partial charge in [-0.15, -0.1) is 11.8 Å². The summed E-state index contributed by atoms with van der Waals surface area (Å²) in [6.07, 6.45) is -0.423. The van der Waals surface area contributed by atoms with Crippen LogP contribution in [0.4, 0.5) is 0 Å². The van der Waals surface area contributed by atoms with Crippen molar-refractivity contribution in [2.75, 3.05) is 20.0 Å². The lowest BCUT2D eigenvalue weighted by Gasteiger charge is -2.23. The summed E-state index contributed by atoms with van der Waals surface area (Å²) in [5.41, 5.74) is 1.11. The van der Waals surface area contributed by atoms with Crippen LogP contribution in [0, 0.1) is 0 Å². The molecule has 0 saturated carbocycles. The molecule has 0 aromatic heterocycles. The van der Waals surface area contributed by atoms with Gasteiger partial charge in [0.2, 0.25) is 5.91 Å². The second-order valence-corrected chi connectivity index (χ2v) is 5.60. The Morgan fingerprint density at radius 2 is 2.05 bits per heavy atom. The topological polar surface area (TPSA) is 47.6 Å². The lowest BCUT2D eigenvalue weighted by Crippen LogP contribution is -2.44. The van der Waals surface area contributed by atoms with Crippen molar-refractivity contribution in [1.82, 2.24) is 5.32 Å². The van der Waals surface area contributed by atoms with Gasteiger partial charge in [0.25, 0.3) is 0 Å². The van der Waals surface area contributed by atoms with Crippen LogP contribution < -0.4 is 5.32 Å². The Kier molecular flexibility index (Phi) is 4.85. The van der Waals surface area contributed by atoms with E-state index in [1.165, 1.54) is 4.90 Å². The zero-order chi connectivity index (χ0) is 13.8. The van der Waals surface area contributed by atoms with Gasteiger partial charge in [-0.25, -0.2) is 0 Å². The molecule has 1 aromatic rings. The van der Waals surface area contributed by atoms with Crippen molar-refractivity contribution in [2.24, 2.45) is 0 Å². The van der Waals surface area contributed by atoms with Gasteiger partial charge in [0, 0.05) is 24.9 Å². The number of hydrogen-bond donors (Lipinski definition) is 1. The molecule has 2 rings (SSSR count). The summed E-state index contributed by atoms with van der Waals surface area (Å²) in [6.45, 7) is 1.88. The molecular formula is C14H19NO3S. The van der Waals surface area contributed by atoms with Gasteiger partial charge in [0.05, 0.1) is 12.0 Å².